The van der Waals surface area contributed by atoms with Crippen LogP contribution in [0.25, 0.3) is 0 Å². The van der Waals surface area contributed by atoms with Crippen LogP contribution in [-0.4, -0.2) is 24.9 Å². The van der Waals surface area contributed by atoms with Gasteiger partial charge in [-0.15, -0.1) is 6.58 Å². The Morgan fingerprint density at radius 3 is 2.64 bits per heavy atom. The minimum Gasteiger partial charge on any atom is -0.389 e. The molecule has 4 aliphatic carbocycles. The number of methoxy groups -OCH3 is 1. The van der Waals surface area contributed by atoms with Crippen LogP contribution in [0.15, 0.2) is 12.7 Å². The molecule has 25 heavy (non-hydrogen) atoms. The lowest BCUT2D eigenvalue weighted by Crippen LogP contribution is -2.49. The van der Waals surface area contributed by atoms with E-state index in [4.69, 9.17) is 4.74 Å². The van der Waals surface area contributed by atoms with Crippen molar-refractivity contribution >= 4 is 0 Å². The Labute approximate surface area is 154 Å². The van der Waals surface area contributed by atoms with Crippen LogP contribution in [0.1, 0.15) is 64.7 Å². The van der Waals surface area contributed by atoms with Crippen LogP contribution in [0.3, 0.4) is 0 Å². The number of hydrogen-bond donors (Lipinski definition) is 1. The maximum Gasteiger partial charge on any atom is 0.0751 e. The average Bonchev–Trinajstić information content (AvgIpc) is 2.98. The summed E-state index contributed by atoms with van der Waals surface area (Å²) in [6.45, 7) is 7.34. The summed E-state index contributed by atoms with van der Waals surface area (Å²) in [5.74, 6) is 5.97. The van der Waals surface area contributed by atoms with Gasteiger partial charge < -0.3 is 9.84 Å². The van der Waals surface area contributed by atoms with E-state index in [0.29, 0.717) is 11.3 Å². The molecule has 0 aromatic heterocycles. The number of fused-ring (bicyclic) bond motifs is 5. The largest absolute Gasteiger partial charge is 0.389 e. The summed E-state index contributed by atoms with van der Waals surface area (Å²) >= 11 is 0. The van der Waals surface area contributed by atoms with Crippen molar-refractivity contribution in [1.82, 2.24) is 0 Å². The van der Waals surface area contributed by atoms with Crippen molar-refractivity contribution in [1.29, 1.82) is 0 Å². The standard InChI is InChI=1S/C23H38O2/c1-4-22(24)21-10-9-20-19-8-6-16-13-15(14-25-3)5-7-17(16)18(19)11-12-23(20,21)2/h4,15-22,24H,1,5-14H2,2-3H3. The van der Waals surface area contributed by atoms with Crippen molar-refractivity contribution in [3.8, 4) is 0 Å². The summed E-state index contributed by atoms with van der Waals surface area (Å²) in [6, 6.07) is 0. The highest BCUT2D eigenvalue weighted by atomic mass is 16.5. The summed E-state index contributed by atoms with van der Waals surface area (Å²) in [4.78, 5) is 0. The lowest BCUT2D eigenvalue weighted by Gasteiger charge is -2.56. The van der Waals surface area contributed by atoms with E-state index in [2.05, 4.69) is 13.5 Å². The molecule has 1 N–H and O–H groups in total. The number of aliphatic hydroxyl groups excluding tert-OH is 1. The number of ether oxygens (including phenoxy) is 1. The molecular weight excluding hydrogens is 308 g/mol. The Balaban J connectivity index is 1.48. The summed E-state index contributed by atoms with van der Waals surface area (Å²) < 4.78 is 5.45. The molecule has 4 aliphatic rings. The first-order chi connectivity index (χ1) is 12.1. The Bertz CT molecular complexity index is 488. The summed E-state index contributed by atoms with van der Waals surface area (Å²) in [5, 5.41) is 10.5. The Hall–Kier alpha value is -0.340. The van der Waals surface area contributed by atoms with Crippen LogP contribution < -0.4 is 0 Å². The zero-order chi connectivity index (χ0) is 17.6. The van der Waals surface area contributed by atoms with Crippen molar-refractivity contribution < 1.29 is 9.84 Å². The normalized spacial score (nSPS) is 50.4. The lowest BCUT2D eigenvalue weighted by atomic mass is 9.49. The molecule has 0 radical (unpaired) electrons. The number of aliphatic hydroxyl groups is 1. The third kappa shape index (κ3) is 2.92. The van der Waals surface area contributed by atoms with E-state index in [1.165, 1.54) is 57.8 Å². The first-order valence-electron chi connectivity index (χ1n) is 10.9. The molecule has 0 bridgehead atoms. The molecule has 0 saturated heterocycles. The SMILES string of the molecule is C=CC(O)C1CCC2C3CCC4CC(COC)CCC4C3CCC12C. The molecule has 0 amide bonds. The van der Waals surface area contributed by atoms with Crippen molar-refractivity contribution in [2.75, 3.05) is 13.7 Å². The quantitative estimate of drug-likeness (QED) is 0.721. The number of rotatable bonds is 4. The highest BCUT2D eigenvalue weighted by molar-refractivity contribution is 5.08. The van der Waals surface area contributed by atoms with E-state index < -0.39 is 0 Å². The monoisotopic (exact) mass is 346 g/mol. The molecule has 142 valence electrons. The summed E-state index contributed by atoms with van der Waals surface area (Å²) in [7, 11) is 1.86. The molecule has 0 aromatic carbocycles. The Morgan fingerprint density at radius 2 is 1.88 bits per heavy atom. The van der Waals surface area contributed by atoms with E-state index in [1.54, 1.807) is 6.08 Å². The maximum absolute atomic E-state index is 10.5. The molecule has 4 fully saturated rings. The second-order valence-electron chi connectivity index (χ2n) is 10.0. The van der Waals surface area contributed by atoms with Crippen LogP contribution in [-0.2, 0) is 4.74 Å². The molecule has 0 aromatic rings. The lowest BCUT2D eigenvalue weighted by molar-refractivity contribution is -0.0819. The van der Waals surface area contributed by atoms with Gasteiger partial charge >= 0.3 is 0 Å². The zero-order valence-corrected chi connectivity index (χ0v) is 16.3. The fourth-order valence-corrected chi connectivity index (χ4v) is 8.10. The van der Waals surface area contributed by atoms with Crippen molar-refractivity contribution in [3.05, 3.63) is 12.7 Å². The first-order valence-corrected chi connectivity index (χ1v) is 10.9. The van der Waals surface area contributed by atoms with Crippen molar-refractivity contribution in [2.45, 2.75) is 70.8 Å². The molecule has 2 heteroatoms. The predicted molar refractivity (Wildman–Crippen MR) is 102 cm³/mol. The molecule has 4 rings (SSSR count). The van der Waals surface area contributed by atoms with Gasteiger partial charge in [0.2, 0.25) is 0 Å². The van der Waals surface area contributed by atoms with Gasteiger partial charge in [-0.3, -0.25) is 0 Å². The predicted octanol–water partition coefficient (Wildman–Crippen LogP) is 5.06. The molecule has 9 unspecified atom stereocenters. The van der Waals surface area contributed by atoms with E-state index in [-0.39, 0.29) is 6.10 Å². The molecule has 9 atom stereocenters. The first kappa shape index (κ1) is 18.0. The van der Waals surface area contributed by atoms with Crippen LogP contribution in [0, 0.1) is 46.8 Å². The van der Waals surface area contributed by atoms with Gasteiger partial charge in [0.1, 0.15) is 0 Å². The van der Waals surface area contributed by atoms with Gasteiger partial charge in [0, 0.05) is 13.7 Å². The van der Waals surface area contributed by atoms with E-state index in [1.807, 2.05) is 7.11 Å². The van der Waals surface area contributed by atoms with Gasteiger partial charge in [-0.2, -0.15) is 0 Å². The van der Waals surface area contributed by atoms with Crippen molar-refractivity contribution in [3.63, 3.8) is 0 Å². The molecule has 0 aliphatic heterocycles. The molecule has 4 saturated carbocycles. The molecular formula is C23H38O2. The highest BCUT2D eigenvalue weighted by Gasteiger charge is 2.57. The molecule has 2 nitrogen and oxygen atoms in total. The second kappa shape index (κ2) is 7.00. The molecule has 0 spiro atoms. The Kier molecular flexibility index (Phi) is 5.05. The smallest absolute Gasteiger partial charge is 0.0751 e. The van der Waals surface area contributed by atoms with E-state index in [9.17, 15) is 5.11 Å². The number of hydrogen-bond acceptors (Lipinski definition) is 2. The third-order valence-electron chi connectivity index (χ3n) is 9.19. The third-order valence-corrected chi connectivity index (χ3v) is 9.19. The van der Waals surface area contributed by atoms with Gasteiger partial charge in [0.15, 0.2) is 0 Å². The fourth-order valence-electron chi connectivity index (χ4n) is 8.10. The average molecular weight is 347 g/mol. The van der Waals surface area contributed by atoms with E-state index in [0.717, 1.165) is 42.1 Å². The van der Waals surface area contributed by atoms with Gasteiger partial charge in [-0.05, 0) is 105 Å². The van der Waals surface area contributed by atoms with Gasteiger partial charge in [-0.1, -0.05) is 13.0 Å². The Morgan fingerprint density at radius 1 is 1.08 bits per heavy atom. The minimum atomic E-state index is -0.299. The summed E-state index contributed by atoms with van der Waals surface area (Å²) in [5.41, 5.74) is 0.356. The fraction of sp³-hybridized carbons (Fsp3) is 0.913. The van der Waals surface area contributed by atoms with Crippen LogP contribution in [0.5, 0.6) is 0 Å². The minimum absolute atomic E-state index is 0.299. The summed E-state index contributed by atoms with van der Waals surface area (Å²) in [6.07, 6.45) is 13.9. The van der Waals surface area contributed by atoms with Crippen molar-refractivity contribution in [2.24, 2.45) is 46.8 Å². The molecule has 0 heterocycles. The van der Waals surface area contributed by atoms with Crippen LogP contribution >= 0.6 is 0 Å². The van der Waals surface area contributed by atoms with Gasteiger partial charge in [-0.25, -0.2) is 0 Å². The maximum atomic E-state index is 10.5. The van der Waals surface area contributed by atoms with E-state index >= 15 is 0 Å². The second-order valence-corrected chi connectivity index (χ2v) is 10.0. The van der Waals surface area contributed by atoms with Crippen LogP contribution in [0.4, 0.5) is 0 Å². The van der Waals surface area contributed by atoms with Crippen LogP contribution in [0.2, 0.25) is 0 Å². The van der Waals surface area contributed by atoms with Gasteiger partial charge in [0.05, 0.1) is 6.10 Å². The highest BCUT2D eigenvalue weighted by Crippen LogP contribution is 2.64. The van der Waals surface area contributed by atoms with Gasteiger partial charge in [0.25, 0.3) is 0 Å². The topological polar surface area (TPSA) is 29.5 Å². The zero-order valence-electron chi connectivity index (χ0n) is 16.3.